The molecule has 0 aromatic heterocycles. The van der Waals surface area contributed by atoms with Crippen LogP contribution in [0.25, 0.3) is 0 Å². The number of anilines is 1. The predicted molar refractivity (Wildman–Crippen MR) is 57.6 cm³/mol. The normalized spacial score (nSPS) is 10.1. The minimum Gasteiger partial charge on any atom is -0.396 e. The summed E-state index contributed by atoms with van der Waals surface area (Å²) >= 11 is 3.08. The molecule has 0 bridgehead atoms. The molecule has 2 N–H and O–H groups in total. The highest BCUT2D eigenvalue weighted by Gasteiger charge is 2.16. The zero-order valence-electron chi connectivity index (χ0n) is 8.25. The summed E-state index contributed by atoms with van der Waals surface area (Å²) in [7, 11) is 2.81. The summed E-state index contributed by atoms with van der Waals surface area (Å²) in [4.78, 5) is 16.4. The van der Waals surface area contributed by atoms with Gasteiger partial charge in [0.25, 0.3) is 5.91 Å². The van der Waals surface area contributed by atoms with Crippen molar-refractivity contribution >= 4 is 27.5 Å². The SMILES string of the molecule is CON(C)C(=O)c1cc(N)c(F)cc1Br. The maximum absolute atomic E-state index is 13.0. The largest absolute Gasteiger partial charge is 0.396 e. The third kappa shape index (κ3) is 2.45. The van der Waals surface area contributed by atoms with Gasteiger partial charge in [0.05, 0.1) is 18.4 Å². The molecule has 4 nitrogen and oxygen atoms in total. The van der Waals surface area contributed by atoms with E-state index in [0.717, 1.165) is 11.1 Å². The van der Waals surface area contributed by atoms with Gasteiger partial charge >= 0.3 is 0 Å². The van der Waals surface area contributed by atoms with Gasteiger partial charge in [-0.1, -0.05) is 0 Å². The Bertz CT molecular complexity index is 398. The van der Waals surface area contributed by atoms with Crippen LogP contribution in [-0.4, -0.2) is 25.1 Å². The second-order valence-electron chi connectivity index (χ2n) is 2.84. The van der Waals surface area contributed by atoms with Crippen molar-refractivity contribution in [3.63, 3.8) is 0 Å². The van der Waals surface area contributed by atoms with Crippen LogP contribution < -0.4 is 5.73 Å². The fourth-order valence-electron chi connectivity index (χ4n) is 0.982. The first-order valence-electron chi connectivity index (χ1n) is 4.04. The lowest BCUT2D eigenvalue weighted by Crippen LogP contribution is -2.25. The van der Waals surface area contributed by atoms with Gasteiger partial charge in [-0.25, -0.2) is 9.45 Å². The molecule has 0 fully saturated rings. The van der Waals surface area contributed by atoms with Crippen LogP contribution in [-0.2, 0) is 4.84 Å². The molecule has 6 heteroatoms. The average molecular weight is 277 g/mol. The molecule has 0 spiro atoms. The van der Waals surface area contributed by atoms with Crippen molar-refractivity contribution in [1.82, 2.24) is 5.06 Å². The standard InChI is InChI=1S/C9H10BrFN2O2/c1-13(15-2)9(14)5-3-8(12)7(11)4-6(5)10/h3-4H,12H2,1-2H3. The molecule has 0 saturated carbocycles. The summed E-state index contributed by atoms with van der Waals surface area (Å²) in [5.74, 6) is -0.977. The summed E-state index contributed by atoms with van der Waals surface area (Å²) in [6.07, 6.45) is 0. The van der Waals surface area contributed by atoms with Crippen LogP contribution in [0.1, 0.15) is 10.4 Å². The van der Waals surface area contributed by atoms with E-state index in [9.17, 15) is 9.18 Å². The Morgan fingerprint density at radius 3 is 2.73 bits per heavy atom. The first kappa shape index (κ1) is 11.9. The Morgan fingerprint density at radius 1 is 1.60 bits per heavy atom. The molecule has 82 valence electrons. The van der Waals surface area contributed by atoms with Gasteiger partial charge in [-0.3, -0.25) is 9.63 Å². The van der Waals surface area contributed by atoms with E-state index < -0.39 is 11.7 Å². The van der Waals surface area contributed by atoms with E-state index in [4.69, 9.17) is 10.6 Å². The van der Waals surface area contributed by atoms with Crippen LogP contribution in [0.15, 0.2) is 16.6 Å². The van der Waals surface area contributed by atoms with Crippen LogP contribution in [0.5, 0.6) is 0 Å². The quantitative estimate of drug-likeness (QED) is 0.662. The monoisotopic (exact) mass is 276 g/mol. The maximum Gasteiger partial charge on any atom is 0.278 e. The fourth-order valence-corrected chi connectivity index (χ4v) is 1.47. The summed E-state index contributed by atoms with van der Waals surface area (Å²) < 4.78 is 13.3. The number of hydrogen-bond donors (Lipinski definition) is 1. The van der Waals surface area contributed by atoms with Crippen molar-refractivity contribution in [1.29, 1.82) is 0 Å². The van der Waals surface area contributed by atoms with Gasteiger partial charge in [-0.05, 0) is 28.1 Å². The summed E-state index contributed by atoms with van der Waals surface area (Å²) in [6.45, 7) is 0. The van der Waals surface area contributed by atoms with E-state index in [-0.39, 0.29) is 11.3 Å². The molecule has 0 atom stereocenters. The number of carbonyl (C=O) groups excluding carboxylic acids is 1. The van der Waals surface area contributed by atoms with Gasteiger partial charge in [0.15, 0.2) is 0 Å². The van der Waals surface area contributed by atoms with Crippen molar-refractivity contribution in [2.24, 2.45) is 0 Å². The summed E-state index contributed by atoms with van der Waals surface area (Å²) in [5.41, 5.74) is 5.53. The van der Waals surface area contributed by atoms with E-state index in [1.165, 1.54) is 20.2 Å². The van der Waals surface area contributed by atoms with E-state index >= 15 is 0 Å². The fraction of sp³-hybridized carbons (Fsp3) is 0.222. The third-order valence-electron chi connectivity index (χ3n) is 1.88. The minimum atomic E-state index is -0.571. The molecule has 1 rings (SSSR count). The average Bonchev–Trinajstić information content (AvgIpc) is 2.21. The van der Waals surface area contributed by atoms with Crippen molar-refractivity contribution in [2.75, 3.05) is 19.9 Å². The predicted octanol–water partition coefficient (Wildman–Crippen LogP) is 1.80. The maximum atomic E-state index is 13.0. The zero-order valence-corrected chi connectivity index (χ0v) is 9.84. The highest BCUT2D eigenvalue weighted by Crippen LogP contribution is 2.23. The van der Waals surface area contributed by atoms with Gasteiger partial charge in [-0.15, -0.1) is 0 Å². The van der Waals surface area contributed by atoms with Crippen LogP contribution in [0, 0.1) is 5.82 Å². The van der Waals surface area contributed by atoms with Gasteiger partial charge in [0, 0.05) is 11.5 Å². The number of amides is 1. The van der Waals surface area contributed by atoms with Gasteiger partial charge in [-0.2, -0.15) is 0 Å². The van der Waals surface area contributed by atoms with Gasteiger partial charge in [0.2, 0.25) is 0 Å². The van der Waals surface area contributed by atoms with Gasteiger partial charge in [0.1, 0.15) is 5.82 Å². The van der Waals surface area contributed by atoms with Crippen LogP contribution >= 0.6 is 15.9 Å². The van der Waals surface area contributed by atoms with Crippen LogP contribution in [0.3, 0.4) is 0 Å². The Balaban J connectivity index is 3.15. The van der Waals surface area contributed by atoms with Gasteiger partial charge < -0.3 is 5.73 Å². The smallest absolute Gasteiger partial charge is 0.278 e. The number of rotatable bonds is 2. The second kappa shape index (κ2) is 4.59. The first-order chi connectivity index (χ1) is 6.97. The molecule has 0 radical (unpaired) electrons. The molecule has 0 heterocycles. The van der Waals surface area contributed by atoms with Crippen LogP contribution in [0.4, 0.5) is 10.1 Å². The lowest BCUT2D eigenvalue weighted by atomic mass is 10.2. The number of benzene rings is 1. The number of hydroxylamine groups is 2. The Morgan fingerprint density at radius 2 is 2.20 bits per heavy atom. The molecule has 0 aliphatic heterocycles. The number of carbonyl (C=O) groups is 1. The van der Waals surface area contributed by atoms with Crippen molar-refractivity contribution in [2.45, 2.75) is 0 Å². The molecule has 0 aliphatic carbocycles. The number of nitrogens with zero attached hydrogens (tertiary/aromatic N) is 1. The molecule has 0 unspecified atom stereocenters. The number of nitrogens with two attached hydrogens (primary N) is 1. The molecule has 1 aromatic carbocycles. The Labute approximate surface area is 94.9 Å². The molecular weight excluding hydrogens is 267 g/mol. The zero-order chi connectivity index (χ0) is 11.6. The number of hydrogen-bond acceptors (Lipinski definition) is 3. The summed E-state index contributed by atoms with van der Waals surface area (Å²) in [6, 6.07) is 2.41. The van der Waals surface area contributed by atoms with Crippen molar-refractivity contribution in [3.05, 3.63) is 28.0 Å². The Hall–Kier alpha value is -1.14. The molecule has 0 aliphatic rings. The highest BCUT2D eigenvalue weighted by molar-refractivity contribution is 9.10. The Kier molecular flexibility index (Phi) is 3.65. The molecular formula is C9H10BrFN2O2. The van der Waals surface area contributed by atoms with Crippen LogP contribution in [0.2, 0.25) is 0 Å². The molecule has 1 amide bonds. The summed E-state index contributed by atoms with van der Waals surface area (Å²) in [5, 5.41) is 1.03. The lowest BCUT2D eigenvalue weighted by Gasteiger charge is -2.15. The topological polar surface area (TPSA) is 55.6 Å². The first-order valence-corrected chi connectivity index (χ1v) is 4.83. The van der Waals surface area contributed by atoms with Crippen molar-refractivity contribution in [3.8, 4) is 0 Å². The van der Waals surface area contributed by atoms with E-state index in [1.807, 2.05) is 0 Å². The van der Waals surface area contributed by atoms with Crippen molar-refractivity contribution < 1.29 is 14.0 Å². The second-order valence-corrected chi connectivity index (χ2v) is 3.69. The third-order valence-corrected chi connectivity index (χ3v) is 2.53. The molecule has 0 saturated heterocycles. The minimum absolute atomic E-state index is 0.0777. The highest BCUT2D eigenvalue weighted by atomic mass is 79.9. The molecule has 15 heavy (non-hydrogen) atoms. The number of halogens is 2. The van der Waals surface area contributed by atoms with E-state index in [2.05, 4.69) is 15.9 Å². The van der Waals surface area contributed by atoms with E-state index in [1.54, 1.807) is 0 Å². The molecule has 1 aromatic rings. The number of nitrogen functional groups attached to an aromatic ring is 1. The lowest BCUT2D eigenvalue weighted by molar-refractivity contribution is -0.0757. The van der Waals surface area contributed by atoms with E-state index in [0.29, 0.717) is 4.47 Å².